The largest absolute Gasteiger partial charge is 0.480 e. The van der Waals surface area contributed by atoms with Crippen molar-refractivity contribution in [3.8, 4) is 11.1 Å². The van der Waals surface area contributed by atoms with Crippen LogP contribution in [0.3, 0.4) is 0 Å². The van der Waals surface area contributed by atoms with Gasteiger partial charge in [0.05, 0.1) is 0 Å². The summed E-state index contributed by atoms with van der Waals surface area (Å²) in [6.07, 6.45) is -0.620. The number of anilines is 1. The Labute approximate surface area is 175 Å². The van der Waals surface area contributed by atoms with Gasteiger partial charge >= 0.3 is 12.1 Å². The fraction of sp³-hybridized carbons (Fsp3) is 0.200. The van der Waals surface area contributed by atoms with Crippen molar-refractivity contribution in [3.63, 3.8) is 0 Å². The Morgan fingerprint density at radius 3 is 2.38 bits per heavy atom. The molecule has 4 rings (SSSR count). The fourth-order valence-electron chi connectivity index (χ4n) is 3.23. The number of carbonyl (C=O) groups is 2. The second-order valence-corrected chi connectivity index (χ2v) is 8.99. The monoisotopic (exact) mass is 427 g/mol. The molecule has 148 valence electrons. The molecule has 0 aliphatic heterocycles. The first-order chi connectivity index (χ1) is 14.0. The lowest BCUT2D eigenvalue weighted by Gasteiger charge is -2.13. The SMILES string of the molecule is CC(Sc1nnc(NC(=O)OCC2c3ccccc3-c3ccccc32)s1)C(=O)O. The molecular formula is C20H17N3O4S2. The van der Waals surface area contributed by atoms with Gasteiger partial charge in [0.1, 0.15) is 11.9 Å². The molecule has 1 aliphatic carbocycles. The van der Waals surface area contributed by atoms with E-state index in [0.717, 1.165) is 45.4 Å². The van der Waals surface area contributed by atoms with E-state index >= 15 is 0 Å². The van der Waals surface area contributed by atoms with E-state index < -0.39 is 17.3 Å². The maximum absolute atomic E-state index is 12.2. The van der Waals surface area contributed by atoms with Crippen LogP contribution >= 0.6 is 23.1 Å². The molecule has 29 heavy (non-hydrogen) atoms. The Morgan fingerprint density at radius 1 is 1.14 bits per heavy atom. The normalized spacial score (nSPS) is 13.4. The minimum Gasteiger partial charge on any atom is -0.480 e. The summed E-state index contributed by atoms with van der Waals surface area (Å²) in [6.45, 7) is 1.77. The summed E-state index contributed by atoms with van der Waals surface area (Å²) in [5, 5.41) is 18.9. The van der Waals surface area contributed by atoms with E-state index in [1.807, 2.05) is 24.3 Å². The van der Waals surface area contributed by atoms with Gasteiger partial charge in [-0.3, -0.25) is 10.1 Å². The molecule has 1 aromatic heterocycles. The Kier molecular flexibility index (Phi) is 5.50. The number of nitrogens with one attached hydrogen (secondary N) is 1. The van der Waals surface area contributed by atoms with Crippen LogP contribution in [0.2, 0.25) is 0 Å². The van der Waals surface area contributed by atoms with Crippen LogP contribution < -0.4 is 5.32 Å². The quantitative estimate of drug-likeness (QED) is 0.442. The Morgan fingerprint density at radius 2 is 1.76 bits per heavy atom. The Bertz CT molecular complexity index is 1020. The predicted molar refractivity (Wildman–Crippen MR) is 112 cm³/mol. The third-order valence-electron chi connectivity index (χ3n) is 4.58. The van der Waals surface area contributed by atoms with Crippen molar-refractivity contribution in [2.45, 2.75) is 22.4 Å². The van der Waals surface area contributed by atoms with E-state index in [2.05, 4.69) is 39.8 Å². The van der Waals surface area contributed by atoms with Gasteiger partial charge in [-0.25, -0.2) is 4.79 Å². The van der Waals surface area contributed by atoms with Gasteiger partial charge in [-0.15, -0.1) is 10.2 Å². The molecule has 3 aromatic rings. The number of nitrogens with zero attached hydrogens (tertiary/aromatic N) is 2. The van der Waals surface area contributed by atoms with Gasteiger partial charge in [-0.05, 0) is 29.2 Å². The molecule has 7 nitrogen and oxygen atoms in total. The number of carboxylic acids is 1. The molecular weight excluding hydrogens is 410 g/mol. The summed E-state index contributed by atoms with van der Waals surface area (Å²) in [5.74, 6) is -0.957. The zero-order valence-corrected chi connectivity index (χ0v) is 17.0. The number of carbonyl (C=O) groups excluding carboxylic acids is 1. The molecule has 0 spiro atoms. The summed E-state index contributed by atoms with van der Waals surface area (Å²) in [6, 6.07) is 16.2. The van der Waals surface area contributed by atoms with Crippen molar-refractivity contribution >= 4 is 40.3 Å². The van der Waals surface area contributed by atoms with E-state index in [-0.39, 0.29) is 17.7 Å². The van der Waals surface area contributed by atoms with Gasteiger partial charge in [0, 0.05) is 5.92 Å². The summed E-state index contributed by atoms with van der Waals surface area (Å²) >= 11 is 2.18. The number of carboxylic acid groups (broad SMARTS) is 1. The first kappa shape index (κ1) is 19.4. The second-order valence-electron chi connectivity index (χ2n) is 6.42. The average molecular weight is 428 g/mol. The zero-order valence-electron chi connectivity index (χ0n) is 15.4. The van der Waals surface area contributed by atoms with Crippen molar-refractivity contribution in [2.75, 3.05) is 11.9 Å². The summed E-state index contributed by atoms with van der Waals surface area (Å²) < 4.78 is 5.93. The highest BCUT2D eigenvalue weighted by atomic mass is 32.2. The number of ether oxygens (including phenoxy) is 1. The zero-order chi connectivity index (χ0) is 20.4. The number of aromatic nitrogens is 2. The highest BCUT2D eigenvalue weighted by molar-refractivity contribution is 8.02. The number of aliphatic carboxylic acids is 1. The van der Waals surface area contributed by atoms with E-state index in [1.54, 1.807) is 6.92 Å². The van der Waals surface area contributed by atoms with Crippen LogP contribution in [0, 0.1) is 0 Å². The smallest absolute Gasteiger partial charge is 0.413 e. The van der Waals surface area contributed by atoms with Crippen molar-refractivity contribution in [1.82, 2.24) is 10.2 Å². The predicted octanol–water partition coefficient (Wildman–Crippen LogP) is 4.46. The van der Waals surface area contributed by atoms with Crippen LogP contribution in [0.15, 0.2) is 52.9 Å². The molecule has 1 unspecified atom stereocenters. The maximum Gasteiger partial charge on any atom is 0.413 e. The second kappa shape index (κ2) is 8.22. The number of rotatable bonds is 6. The molecule has 1 atom stereocenters. The van der Waals surface area contributed by atoms with Crippen molar-refractivity contribution in [1.29, 1.82) is 0 Å². The molecule has 0 fully saturated rings. The number of thioether (sulfide) groups is 1. The summed E-state index contributed by atoms with van der Waals surface area (Å²) in [4.78, 5) is 23.2. The average Bonchev–Trinajstić information content (AvgIpc) is 3.28. The number of benzene rings is 2. The van der Waals surface area contributed by atoms with Crippen molar-refractivity contribution in [3.05, 3.63) is 59.7 Å². The number of amides is 1. The third-order valence-corrected chi connectivity index (χ3v) is 6.59. The van der Waals surface area contributed by atoms with Crippen molar-refractivity contribution < 1.29 is 19.4 Å². The lowest BCUT2D eigenvalue weighted by molar-refractivity contribution is -0.136. The minimum atomic E-state index is -0.934. The summed E-state index contributed by atoms with van der Waals surface area (Å²) in [5.41, 5.74) is 4.60. The third kappa shape index (κ3) is 4.10. The lowest BCUT2D eigenvalue weighted by Crippen LogP contribution is -2.17. The number of hydrogen-bond donors (Lipinski definition) is 2. The first-order valence-electron chi connectivity index (χ1n) is 8.88. The highest BCUT2D eigenvalue weighted by Crippen LogP contribution is 2.44. The molecule has 0 bridgehead atoms. The standard InChI is InChI=1S/C20H17N3O4S2/c1-11(17(24)25)28-20-23-22-18(29-20)21-19(26)27-10-16-14-8-4-2-6-12(14)13-7-3-5-9-15(13)16/h2-9,11,16H,10H2,1H3,(H,24,25)(H,21,22,26). The molecule has 0 radical (unpaired) electrons. The lowest BCUT2D eigenvalue weighted by atomic mass is 9.98. The Balaban J connectivity index is 1.39. The van der Waals surface area contributed by atoms with Gasteiger partial charge in [0.2, 0.25) is 5.13 Å². The molecule has 1 aliphatic rings. The van der Waals surface area contributed by atoms with Crippen LogP contribution in [0.1, 0.15) is 24.0 Å². The fourth-order valence-corrected chi connectivity index (χ4v) is 5.05. The maximum atomic E-state index is 12.2. The first-order valence-corrected chi connectivity index (χ1v) is 10.6. The van der Waals surface area contributed by atoms with Crippen molar-refractivity contribution in [2.24, 2.45) is 0 Å². The molecule has 0 saturated carbocycles. The van der Waals surface area contributed by atoms with Crippen LogP contribution in [0.25, 0.3) is 11.1 Å². The van der Waals surface area contributed by atoms with Crippen LogP contribution in [0.4, 0.5) is 9.93 Å². The molecule has 1 heterocycles. The minimum absolute atomic E-state index is 0.0231. The molecule has 9 heteroatoms. The number of hydrogen-bond acceptors (Lipinski definition) is 7. The molecule has 2 aromatic carbocycles. The van der Waals surface area contributed by atoms with Gasteiger partial charge in [0.25, 0.3) is 0 Å². The van der Waals surface area contributed by atoms with E-state index in [4.69, 9.17) is 9.84 Å². The van der Waals surface area contributed by atoms with Gasteiger partial charge in [-0.2, -0.15) is 0 Å². The molecule has 0 saturated heterocycles. The van der Waals surface area contributed by atoms with Gasteiger partial charge < -0.3 is 9.84 Å². The highest BCUT2D eigenvalue weighted by Gasteiger charge is 2.29. The van der Waals surface area contributed by atoms with Crippen LogP contribution in [0.5, 0.6) is 0 Å². The van der Waals surface area contributed by atoms with E-state index in [0.29, 0.717) is 4.34 Å². The topological polar surface area (TPSA) is 101 Å². The van der Waals surface area contributed by atoms with Crippen LogP contribution in [-0.2, 0) is 9.53 Å². The van der Waals surface area contributed by atoms with Crippen LogP contribution in [-0.4, -0.2) is 39.2 Å². The van der Waals surface area contributed by atoms with E-state index in [9.17, 15) is 9.59 Å². The van der Waals surface area contributed by atoms with E-state index in [1.165, 1.54) is 0 Å². The van der Waals surface area contributed by atoms with Gasteiger partial charge in [-0.1, -0.05) is 71.6 Å². The molecule has 2 N–H and O–H groups in total. The molecule has 1 amide bonds. The van der Waals surface area contributed by atoms with Gasteiger partial charge in [0.15, 0.2) is 4.34 Å². The Hall–Kier alpha value is -2.91. The number of fused-ring (bicyclic) bond motifs is 3. The summed E-state index contributed by atoms with van der Waals surface area (Å²) in [7, 11) is 0.